The van der Waals surface area contributed by atoms with Gasteiger partial charge in [-0.2, -0.15) is 0 Å². The molecule has 5 nitrogen and oxygen atoms in total. The van der Waals surface area contributed by atoms with Gasteiger partial charge in [0.2, 0.25) is 0 Å². The van der Waals surface area contributed by atoms with Gasteiger partial charge in [-0.05, 0) is 43.7 Å². The van der Waals surface area contributed by atoms with Gasteiger partial charge in [0.05, 0.1) is 13.2 Å². The summed E-state index contributed by atoms with van der Waals surface area (Å²) in [5, 5.41) is 3.73. The molecule has 0 saturated heterocycles. The third-order valence-corrected chi connectivity index (χ3v) is 5.81. The predicted molar refractivity (Wildman–Crippen MR) is 133 cm³/mol. The lowest BCUT2D eigenvalue weighted by Crippen LogP contribution is -2.29. The maximum atomic E-state index is 13.7. The Morgan fingerprint density at radius 2 is 1.76 bits per heavy atom. The van der Waals surface area contributed by atoms with Gasteiger partial charge in [-0.15, -0.1) is 0 Å². The maximum absolute atomic E-state index is 13.7. The van der Waals surface area contributed by atoms with Crippen LogP contribution in [0, 0.1) is 0 Å². The third kappa shape index (κ3) is 4.78. The molecule has 33 heavy (non-hydrogen) atoms. The highest BCUT2D eigenvalue weighted by molar-refractivity contribution is 6.30. The summed E-state index contributed by atoms with van der Waals surface area (Å²) in [5.74, 6) is 1.29. The Morgan fingerprint density at radius 3 is 2.45 bits per heavy atom. The average Bonchev–Trinajstić information content (AvgIpc) is 3.24. The number of carbonyl (C=O) groups is 1. The fraction of sp³-hybridized carbons (Fsp3) is 0.185. The molecule has 1 N–H and O–H groups in total. The summed E-state index contributed by atoms with van der Waals surface area (Å²) in [6, 6.07) is 24.8. The highest BCUT2D eigenvalue weighted by Crippen LogP contribution is 2.31. The van der Waals surface area contributed by atoms with Crippen LogP contribution in [0.25, 0.3) is 22.6 Å². The molecule has 4 aromatic rings. The molecule has 0 spiro atoms. The van der Waals surface area contributed by atoms with Crippen molar-refractivity contribution < 1.29 is 9.53 Å². The number of imidazole rings is 1. The summed E-state index contributed by atoms with van der Waals surface area (Å²) in [4.78, 5) is 18.6. The molecule has 1 atom stereocenters. The molecule has 1 aromatic heterocycles. The van der Waals surface area contributed by atoms with E-state index in [0.717, 1.165) is 28.3 Å². The molecule has 6 heteroatoms. The smallest absolute Gasteiger partial charge is 0.270 e. The van der Waals surface area contributed by atoms with E-state index in [1.807, 2.05) is 97.3 Å². The predicted octanol–water partition coefficient (Wildman–Crippen LogP) is 6.39. The second-order valence-corrected chi connectivity index (χ2v) is 8.16. The molecule has 1 amide bonds. The van der Waals surface area contributed by atoms with E-state index in [1.54, 1.807) is 7.11 Å². The molecule has 0 aliphatic heterocycles. The number of nitrogens with one attached hydrogen (secondary N) is 1. The van der Waals surface area contributed by atoms with Crippen LogP contribution in [0.2, 0.25) is 5.02 Å². The van der Waals surface area contributed by atoms with Crippen LogP contribution >= 0.6 is 11.6 Å². The molecule has 0 saturated carbocycles. The normalized spacial score (nSPS) is 11.8. The molecule has 0 aliphatic rings. The van der Waals surface area contributed by atoms with Crippen molar-refractivity contribution in [2.75, 3.05) is 7.11 Å². The van der Waals surface area contributed by atoms with Crippen molar-refractivity contribution in [3.05, 3.63) is 95.1 Å². The Hall–Kier alpha value is -3.57. The number of rotatable bonds is 7. The first-order chi connectivity index (χ1) is 16.0. The fourth-order valence-electron chi connectivity index (χ4n) is 3.89. The summed E-state index contributed by atoms with van der Waals surface area (Å²) in [6.45, 7) is 4.56. The molecule has 3 aromatic carbocycles. The molecule has 0 unspecified atom stereocenters. The maximum Gasteiger partial charge on any atom is 0.270 e. The summed E-state index contributed by atoms with van der Waals surface area (Å²) in [6.07, 6.45) is 0. The van der Waals surface area contributed by atoms with Crippen LogP contribution in [-0.2, 0) is 6.54 Å². The van der Waals surface area contributed by atoms with E-state index in [1.165, 1.54) is 0 Å². The van der Waals surface area contributed by atoms with Gasteiger partial charge in [0, 0.05) is 22.7 Å². The highest BCUT2D eigenvalue weighted by Gasteiger charge is 2.25. The Bertz CT molecular complexity index is 1270. The summed E-state index contributed by atoms with van der Waals surface area (Å²) in [7, 11) is 1.63. The number of amides is 1. The summed E-state index contributed by atoms with van der Waals surface area (Å²) >= 11 is 6.27. The van der Waals surface area contributed by atoms with E-state index in [-0.39, 0.29) is 11.9 Å². The lowest BCUT2D eigenvalue weighted by molar-refractivity contribution is 0.0931. The second kappa shape index (κ2) is 9.92. The van der Waals surface area contributed by atoms with Crippen molar-refractivity contribution in [3.8, 4) is 28.4 Å². The number of aromatic nitrogens is 2. The van der Waals surface area contributed by atoms with Crippen molar-refractivity contribution >= 4 is 17.5 Å². The van der Waals surface area contributed by atoms with Gasteiger partial charge in [0.1, 0.15) is 23.0 Å². The van der Waals surface area contributed by atoms with Gasteiger partial charge >= 0.3 is 0 Å². The minimum atomic E-state index is -0.222. The van der Waals surface area contributed by atoms with Crippen molar-refractivity contribution in [3.63, 3.8) is 0 Å². The Balaban J connectivity index is 1.79. The second-order valence-electron chi connectivity index (χ2n) is 7.73. The molecule has 0 bridgehead atoms. The minimum Gasteiger partial charge on any atom is -0.497 e. The molecule has 4 rings (SSSR count). The SMILES string of the molecule is CCn1c(-c2ccccc2)nc(-c2cccc(Cl)c2)c1C(=O)N[C@H](C)c1cccc(OC)c1. The monoisotopic (exact) mass is 459 g/mol. The van der Waals surface area contributed by atoms with Crippen LogP contribution in [0.4, 0.5) is 0 Å². The van der Waals surface area contributed by atoms with Crippen molar-refractivity contribution in [2.45, 2.75) is 26.4 Å². The first-order valence-corrected chi connectivity index (χ1v) is 11.3. The largest absolute Gasteiger partial charge is 0.497 e. The van der Waals surface area contributed by atoms with E-state index in [4.69, 9.17) is 21.3 Å². The van der Waals surface area contributed by atoms with Crippen LogP contribution in [-0.4, -0.2) is 22.6 Å². The topological polar surface area (TPSA) is 56.2 Å². The van der Waals surface area contributed by atoms with Gasteiger partial charge in [-0.1, -0.05) is 66.2 Å². The third-order valence-electron chi connectivity index (χ3n) is 5.57. The highest BCUT2D eigenvalue weighted by atomic mass is 35.5. The molecule has 0 aliphatic carbocycles. The molecular weight excluding hydrogens is 434 g/mol. The number of hydrogen-bond donors (Lipinski definition) is 1. The van der Waals surface area contributed by atoms with Crippen LogP contribution in [0.1, 0.15) is 35.9 Å². The Morgan fingerprint density at radius 1 is 1.03 bits per heavy atom. The summed E-state index contributed by atoms with van der Waals surface area (Å²) < 4.78 is 7.29. The average molecular weight is 460 g/mol. The minimum absolute atomic E-state index is 0.197. The molecule has 1 heterocycles. The number of carbonyl (C=O) groups excluding carboxylic acids is 1. The Kier molecular flexibility index (Phi) is 6.80. The van der Waals surface area contributed by atoms with E-state index >= 15 is 0 Å². The van der Waals surface area contributed by atoms with Crippen LogP contribution < -0.4 is 10.1 Å². The number of hydrogen-bond acceptors (Lipinski definition) is 3. The number of methoxy groups -OCH3 is 1. The first kappa shape index (κ1) is 22.6. The molecule has 0 radical (unpaired) electrons. The van der Waals surface area contributed by atoms with Crippen LogP contribution in [0.3, 0.4) is 0 Å². The van der Waals surface area contributed by atoms with Crippen molar-refractivity contribution in [1.29, 1.82) is 0 Å². The molecule has 168 valence electrons. The van der Waals surface area contributed by atoms with Gasteiger partial charge in [0.15, 0.2) is 0 Å². The number of benzene rings is 3. The lowest BCUT2D eigenvalue weighted by Gasteiger charge is -2.17. The fourth-order valence-corrected chi connectivity index (χ4v) is 4.09. The van der Waals surface area contributed by atoms with E-state index in [2.05, 4.69) is 5.32 Å². The van der Waals surface area contributed by atoms with E-state index < -0.39 is 0 Å². The number of nitrogens with zero attached hydrogens (tertiary/aromatic N) is 2. The standard InChI is InChI=1S/C27H26ClN3O2/c1-4-31-25(27(32)29-18(2)20-12-9-15-23(17-20)33-3)24(21-13-8-14-22(28)16-21)30-26(31)19-10-6-5-7-11-19/h5-18H,4H2,1-3H3,(H,29,32)/t18-/m1/s1. The first-order valence-electron chi connectivity index (χ1n) is 10.9. The van der Waals surface area contributed by atoms with Gasteiger partial charge in [0.25, 0.3) is 5.91 Å². The summed E-state index contributed by atoms with van der Waals surface area (Å²) in [5.41, 5.74) is 3.81. The van der Waals surface area contributed by atoms with Crippen LogP contribution in [0.15, 0.2) is 78.9 Å². The Labute approximate surface area is 199 Å². The van der Waals surface area contributed by atoms with Gasteiger partial charge < -0.3 is 14.6 Å². The molecule has 0 fully saturated rings. The zero-order valence-corrected chi connectivity index (χ0v) is 19.6. The van der Waals surface area contributed by atoms with E-state index in [9.17, 15) is 4.79 Å². The van der Waals surface area contributed by atoms with Crippen LogP contribution in [0.5, 0.6) is 5.75 Å². The van der Waals surface area contributed by atoms with E-state index in [0.29, 0.717) is 23.0 Å². The zero-order chi connectivity index (χ0) is 23.4. The number of halogens is 1. The lowest BCUT2D eigenvalue weighted by atomic mass is 10.1. The number of ether oxygens (including phenoxy) is 1. The van der Waals surface area contributed by atoms with Crippen molar-refractivity contribution in [2.24, 2.45) is 0 Å². The van der Waals surface area contributed by atoms with Gasteiger partial charge in [-0.3, -0.25) is 4.79 Å². The van der Waals surface area contributed by atoms with Gasteiger partial charge in [-0.25, -0.2) is 4.98 Å². The quantitative estimate of drug-likeness (QED) is 0.348. The molecular formula is C27H26ClN3O2. The van der Waals surface area contributed by atoms with Crippen molar-refractivity contribution in [1.82, 2.24) is 14.9 Å². The zero-order valence-electron chi connectivity index (χ0n) is 18.9.